The summed E-state index contributed by atoms with van der Waals surface area (Å²) in [5.41, 5.74) is 0. The smallest absolute Gasteiger partial charge is 0.113 e. The van der Waals surface area contributed by atoms with Gasteiger partial charge in [-0.05, 0) is 19.4 Å². The van der Waals surface area contributed by atoms with Gasteiger partial charge in [-0.3, -0.25) is 4.90 Å². The second kappa shape index (κ2) is 4.67. The molecule has 0 amide bonds. The fourth-order valence-corrected chi connectivity index (χ4v) is 1.42. The number of likely N-dealkylation sites (tertiary alicyclic amines) is 1. The van der Waals surface area contributed by atoms with Crippen LogP contribution < -0.4 is 0 Å². The van der Waals surface area contributed by atoms with E-state index in [0.717, 1.165) is 25.9 Å². The Balaban J connectivity index is 2.12. The largest absolute Gasteiger partial charge is 0.383 e. The highest BCUT2D eigenvalue weighted by molar-refractivity contribution is 4.71. The lowest BCUT2D eigenvalue weighted by atomic mass is 10.1. The standard InChI is InChI=1S/C8H16FNO/c1-11-6-5-10-4-2-3-8(9)7-10/h8H,2-7H2,1H3. The Morgan fingerprint density at radius 1 is 1.64 bits per heavy atom. The van der Waals surface area contributed by atoms with Gasteiger partial charge in [0.25, 0.3) is 0 Å². The van der Waals surface area contributed by atoms with Crippen molar-refractivity contribution in [2.24, 2.45) is 0 Å². The zero-order chi connectivity index (χ0) is 8.10. The third kappa shape index (κ3) is 3.16. The molecular formula is C8H16FNO. The van der Waals surface area contributed by atoms with E-state index in [4.69, 9.17) is 4.74 Å². The quantitative estimate of drug-likeness (QED) is 0.614. The van der Waals surface area contributed by atoms with Crippen LogP contribution in [0.2, 0.25) is 0 Å². The van der Waals surface area contributed by atoms with Gasteiger partial charge < -0.3 is 4.74 Å². The molecule has 0 spiro atoms. The third-order valence-corrected chi connectivity index (χ3v) is 2.06. The Hall–Kier alpha value is -0.150. The zero-order valence-electron chi connectivity index (χ0n) is 7.05. The number of ether oxygens (including phenoxy) is 1. The maximum atomic E-state index is 12.8. The first-order chi connectivity index (χ1) is 5.33. The molecular weight excluding hydrogens is 145 g/mol. The van der Waals surface area contributed by atoms with Gasteiger partial charge in [0, 0.05) is 20.2 Å². The number of piperidine rings is 1. The molecule has 2 nitrogen and oxygen atoms in total. The Bertz CT molecular complexity index is 110. The summed E-state index contributed by atoms with van der Waals surface area (Å²) in [6.45, 7) is 3.22. The van der Waals surface area contributed by atoms with E-state index in [1.165, 1.54) is 0 Å². The molecule has 1 saturated heterocycles. The molecule has 0 radical (unpaired) electrons. The SMILES string of the molecule is COCCN1CCCC(F)C1. The molecule has 1 fully saturated rings. The molecule has 1 aliphatic rings. The van der Waals surface area contributed by atoms with E-state index < -0.39 is 6.17 Å². The summed E-state index contributed by atoms with van der Waals surface area (Å²) in [4.78, 5) is 2.12. The van der Waals surface area contributed by atoms with Crippen LogP contribution in [0.25, 0.3) is 0 Å². The van der Waals surface area contributed by atoms with Crippen LogP contribution in [0.1, 0.15) is 12.8 Å². The van der Waals surface area contributed by atoms with Gasteiger partial charge >= 0.3 is 0 Å². The molecule has 0 aliphatic carbocycles. The Labute approximate surface area is 67.3 Å². The van der Waals surface area contributed by atoms with Crippen molar-refractivity contribution >= 4 is 0 Å². The van der Waals surface area contributed by atoms with Crippen LogP contribution in [0.5, 0.6) is 0 Å². The summed E-state index contributed by atoms with van der Waals surface area (Å²) in [5, 5.41) is 0. The van der Waals surface area contributed by atoms with E-state index in [2.05, 4.69) is 4.90 Å². The summed E-state index contributed by atoms with van der Waals surface area (Å²) in [6.07, 6.45) is 1.12. The van der Waals surface area contributed by atoms with E-state index in [1.807, 2.05) is 0 Å². The maximum Gasteiger partial charge on any atom is 0.113 e. The van der Waals surface area contributed by atoms with E-state index in [9.17, 15) is 4.39 Å². The molecule has 0 bridgehead atoms. The van der Waals surface area contributed by atoms with Crippen LogP contribution in [-0.4, -0.2) is 44.4 Å². The second-order valence-electron chi connectivity index (χ2n) is 3.03. The highest BCUT2D eigenvalue weighted by Crippen LogP contribution is 2.11. The summed E-state index contributed by atoms with van der Waals surface area (Å²) in [7, 11) is 1.68. The summed E-state index contributed by atoms with van der Waals surface area (Å²) < 4.78 is 17.7. The van der Waals surface area contributed by atoms with Gasteiger partial charge in [0.15, 0.2) is 0 Å². The molecule has 1 atom stereocenters. The van der Waals surface area contributed by atoms with Crippen LogP contribution >= 0.6 is 0 Å². The average Bonchev–Trinajstić information content (AvgIpc) is 2.01. The average molecular weight is 161 g/mol. The fraction of sp³-hybridized carbons (Fsp3) is 1.00. The minimum Gasteiger partial charge on any atom is -0.383 e. The van der Waals surface area contributed by atoms with Gasteiger partial charge in [-0.2, -0.15) is 0 Å². The summed E-state index contributed by atoms with van der Waals surface area (Å²) >= 11 is 0. The van der Waals surface area contributed by atoms with Crippen molar-refractivity contribution in [3.63, 3.8) is 0 Å². The topological polar surface area (TPSA) is 12.5 Å². The van der Waals surface area contributed by atoms with E-state index in [1.54, 1.807) is 7.11 Å². The van der Waals surface area contributed by atoms with E-state index in [0.29, 0.717) is 13.2 Å². The first kappa shape index (κ1) is 8.94. The molecule has 1 unspecified atom stereocenters. The maximum absolute atomic E-state index is 12.8. The van der Waals surface area contributed by atoms with Gasteiger partial charge in [-0.25, -0.2) is 4.39 Å². The number of methoxy groups -OCH3 is 1. The van der Waals surface area contributed by atoms with Gasteiger partial charge in [-0.1, -0.05) is 0 Å². The highest BCUT2D eigenvalue weighted by atomic mass is 19.1. The molecule has 0 aromatic rings. The van der Waals surface area contributed by atoms with Gasteiger partial charge in [0.1, 0.15) is 6.17 Å². The first-order valence-corrected chi connectivity index (χ1v) is 4.18. The lowest BCUT2D eigenvalue weighted by Crippen LogP contribution is -2.38. The van der Waals surface area contributed by atoms with Crippen LogP contribution in [0.15, 0.2) is 0 Å². The summed E-state index contributed by atoms with van der Waals surface area (Å²) in [6, 6.07) is 0. The molecule has 1 rings (SSSR count). The van der Waals surface area contributed by atoms with Crippen LogP contribution in [0, 0.1) is 0 Å². The predicted octanol–water partition coefficient (Wildman–Crippen LogP) is 1.07. The van der Waals surface area contributed by atoms with Crippen molar-refractivity contribution in [2.75, 3.05) is 33.4 Å². The van der Waals surface area contributed by atoms with E-state index in [-0.39, 0.29) is 0 Å². The lowest BCUT2D eigenvalue weighted by molar-refractivity contribution is 0.0990. The number of rotatable bonds is 3. The van der Waals surface area contributed by atoms with Crippen molar-refractivity contribution in [2.45, 2.75) is 19.0 Å². The van der Waals surface area contributed by atoms with Crippen molar-refractivity contribution in [1.82, 2.24) is 4.90 Å². The molecule has 1 aliphatic heterocycles. The number of hydrogen-bond acceptors (Lipinski definition) is 2. The van der Waals surface area contributed by atoms with Crippen LogP contribution in [0.4, 0.5) is 4.39 Å². The monoisotopic (exact) mass is 161 g/mol. The second-order valence-corrected chi connectivity index (χ2v) is 3.03. The minimum atomic E-state index is -0.611. The molecule has 0 saturated carbocycles. The fourth-order valence-electron chi connectivity index (χ4n) is 1.42. The van der Waals surface area contributed by atoms with Gasteiger partial charge in [0.05, 0.1) is 6.61 Å². The number of hydrogen-bond donors (Lipinski definition) is 0. The normalized spacial score (nSPS) is 27.3. The molecule has 66 valence electrons. The van der Waals surface area contributed by atoms with Crippen molar-refractivity contribution in [3.05, 3.63) is 0 Å². The van der Waals surface area contributed by atoms with Gasteiger partial charge in [-0.15, -0.1) is 0 Å². The number of alkyl halides is 1. The number of nitrogens with zero attached hydrogens (tertiary/aromatic N) is 1. The predicted molar refractivity (Wildman–Crippen MR) is 42.4 cm³/mol. The lowest BCUT2D eigenvalue weighted by Gasteiger charge is -2.28. The van der Waals surface area contributed by atoms with Gasteiger partial charge in [0.2, 0.25) is 0 Å². The van der Waals surface area contributed by atoms with E-state index >= 15 is 0 Å². The van der Waals surface area contributed by atoms with Crippen molar-refractivity contribution < 1.29 is 9.13 Å². The zero-order valence-corrected chi connectivity index (χ0v) is 7.05. The Kier molecular flexibility index (Phi) is 3.80. The van der Waals surface area contributed by atoms with Crippen molar-refractivity contribution in [1.29, 1.82) is 0 Å². The molecule has 11 heavy (non-hydrogen) atoms. The molecule has 3 heteroatoms. The van der Waals surface area contributed by atoms with Crippen molar-refractivity contribution in [3.8, 4) is 0 Å². The molecule has 0 aromatic carbocycles. The Morgan fingerprint density at radius 2 is 2.45 bits per heavy atom. The molecule has 0 N–H and O–H groups in total. The molecule has 1 heterocycles. The minimum absolute atomic E-state index is 0.601. The molecule has 0 aromatic heterocycles. The third-order valence-electron chi connectivity index (χ3n) is 2.06. The summed E-state index contributed by atoms with van der Waals surface area (Å²) in [5.74, 6) is 0. The first-order valence-electron chi connectivity index (χ1n) is 4.18. The van der Waals surface area contributed by atoms with Crippen LogP contribution in [-0.2, 0) is 4.74 Å². The van der Waals surface area contributed by atoms with Crippen LogP contribution in [0.3, 0.4) is 0 Å². The highest BCUT2D eigenvalue weighted by Gasteiger charge is 2.17. The number of halogens is 1. The Morgan fingerprint density at radius 3 is 3.09 bits per heavy atom.